The molecule has 1 aromatic carbocycles. The fourth-order valence-corrected chi connectivity index (χ4v) is 3.80. The van der Waals surface area contributed by atoms with Crippen LogP contribution in [0, 0.1) is 5.41 Å². The van der Waals surface area contributed by atoms with E-state index in [-0.39, 0.29) is 6.04 Å². The fraction of sp³-hybridized carbons (Fsp3) is 0.600. The molecule has 0 aliphatic heterocycles. The quantitative estimate of drug-likeness (QED) is 0.627. The molecule has 1 unspecified atom stereocenters. The van der Waals surface area contributed by atoms with Crippen LogP contribution < -0.4 is 11.3 Å². The molecule has 1 atom stereocenters. The molecule has 1 fully saturated rings. The lowest BCUT2D eigenvalue weighted by molar-refractivity contribution is 0.185. The van der Waals surface area contributed by atoms with Crippen molar-refractivity contribution in [2.75, 3.05) is 0 Å². The number of benzene rings is 1. The topological polar surface area (TPSA) is 38.0 Å². The second-order valence-electron chi connectivity index (χ2n) is 5.56. The summed E-state index contributed by atoms with van der Waals surface area (Å²) in [6, 6.07) is 6.07. The van der Waals surface area contributed by atoms with Gasteiger partial charge in [0.2, 0.25) is 0 Å². The Morgan fingerprint density at radius 2 is 2.00 bits per heavy atom. The highest BCUT2D eigenvalue weighted by Gasteiger charge is 2.39. The Morgan fingerprint density at radius 3 is 2.58 bits per heavy atom. The van der Waals surface area contributed by atoms with Crippen molar-refractivity contribution in [3.8, 4) is 0 Å². The second kappa shape index (κ2) is 6.45. The van der Waals surface area contributed by atoms with E-state index in [0.717, 1.165) is 18.4 Å². The highest BCUT2D eigenvalue weighted by molar-refractivity contribution is 6.42. The number of hydrogen-bond acceptors (Lipinski definition) is 2. The maximum Gasteiger partial charge on any atom is 0.0624 e. The van der Waals surface area contributed by atoms with Crippen LogP contribution in [0.15, 0.2) is 18.2 Å². The standard InChI is InChI=1S/C15H22Cl2N2/c1-2-15(8-3-4-9-15)13(19-18)10-11-6-5-7-12(16)14(11)17/h5-7,13,19H,2-4,8-10,18H2,1H3. The fourth-order valence-electron chi connectivity index (χ4n) is 3.41. The molecular formula is C15H22Cl2N2. The Morgan fingerprint density at radius 1 is 1.32 bits per heavy atom. The highest BCUT2D eigenvalue weighted by atomic mass is 35.5. The van der Waals surface area contributed by atoms with E-state index in [1.165, 1.54) is 25.7 Å². The lowest BCUT2D eigenvalue weighted by Gasteiger charge is -2.37. The number of halogens is 2. The maximum absolute atomic E-state index is 6.29. The number of rotatable bonds is 5. The van der Waals surface area contributed by atoms with Crippen LogP contribution in [0.2, 0.25) is 10.0 Å². The Kier molecular flexibility index (Phi) is 5.13. The van der Waals surface area contributed by atoms with E-state index in [9.17, 15) is 0 Å². The van der Waals surface area contributed by atoms with E-state index in [1.807, 2.05) is 18.2 Å². The van der Waals surface area contributed by atoms with Gasteiger partial charge in [0.25, 0.3) is 0 Å². The van der Waals surface area contributed by atoms with Crippen molar-refractivity contribution in [3.05, 3.63) is 33.8 Å². The lowest BCUT2D eigenvalue weighted by Crippen LogP contribution is -2.48. The van der Waals surface area contributed by atoms with Gasteiger partial charge >= 0.3 is 0 Å². The molecule has 0 radical (unpaired) electrons. The molecular weight excluding hydrogens is 279 g/mol. The summed E-state index contributed by atoms with van der Waals surface area (Å²) >= 11 is 12.4. The predicted octanol–water partition coefficient (Wildman–Crippen LogP) is 4.34. The second-order valence-corrected chi connectivity index (χ2v) is 6.34. The summed E-state index contributed by atoms with van der Waals surface area (Å²) in [5, 5.41) is 1.28. The first-order valence-electron chi connectivity index (χ1n) is 7.02. The molecule has 0 saturated heterocycles. The van der Waals surface area contributed by atoms with E-state index in [0.29, 0.717) is 15.5 Å². The summed E-state index contributed by atoms with van der Waals surface area (Å²) < 4.78 is 0. The van der Waals surface area contributed by atoms with Gasteiger partial charge in [-0.1, -0.05) is 55.1 Å². The first-order valence-corrected chi connectivity index (χ1v) is 7.77. The van der Waals surface area contributed by atoms with Gasteiger partial charge in [-0.15, -0.1) is 0 Å². The minimum absolute atomic E-state index is 0.260. The molecule has 0 aromatic heterocycles. The zero-order valence-electron chi connectivity index (χ0n) is 11.4. The largest absolute Gasteiger partial charge is 0.271 e. The smallest absolute Gasteiger partial charge is 0.0624 e. The predicted molar refractivity (Wildman–Crippen MR) is 82.5 cm³/mol. The van der Waals surface area contributed by atoms with Gasteiger partial charge in [0.1, 0.15) is 0 Å². The van der Waals surface area contributed by atoms with Crippen molar-refractivity contribution in [2.24, 2.45) is 11.3 Å². The summed E-state index contributed by atoms with van der Waals surface area (Å²) in [5.41, 5.74) is 4.42. The monoisotopic (exact) mass is 300 g/mol. The van der Waals surface area contributed by atoms with Crippen LogP contribution in [0.1, 0.15) is 44.6 Å². The van der Waals surface area contributed by atoms with Crippen molar-refractivity contribution in [1.29, 1.82) is 0 Å². The van der Waals surface area contributed by atoms with Crippen LogP contribution in [0.25, 0.3) is 0 Å². The van der Waals surface area contributed by atoms with E-state index in [1.54, 1.807) is 0 Å². The van der Waals surface area contributed by atoms with Gasteiger partial charge in [0.05, 0.1) is 10.0 Å². The molecule has 1 aliphatic rings. The Labute approximate surface area is 125 Å². The first kappa shape index (κ1) is 15.1. The Balaban J connectivity index is 2.21. The summed E-state index contributed by atoms with van der Waals surface area (Å²) in [4.78, 5) is 0. The van der Waals surface area contributed by atoms with E-state index in [2.05, 4.69) is 12.3 Å². The number of hydrazine groups is 1. The van der Waals surface area contributed by atoms with Gasteiger partial charge in [0, 0.05) is 6.04 Å². The summed E-state index contributed by atoms with van der Waals surface area (Å²) in [7, 11) is 0. The van der Waals surface area contributed by atoms with Crippen molar-refractivity contribution < 1.29 is 0 Å². The molecule has 0 bridgehead atoms. The summed E-state index contributed by atoms with van der Waals surface area (Å²) in [6.45, 7) is 2.26. The molecule has 1 aromatic rings. The third-order valence-electron chi connectivity index (χ3n) is 4.70. The molecule has 19 heavy (non-hydrogen) atoms. The SMILES string of the molecule is CCC1(C(Cc2cccc(Cl)c2Cl)NN)CCCC1. The van der Waals surface area contributed by atoms with Crippen LogP contribution in [0.4, 0.5) is 0 Å². The third-order valence-corrected chi connectivity index (χ3v) is 5.56. The summed E-state index contributed by atoms with van der Waals surface area (Å²) in [5.74, 6) is 5.82. The van der Waals surface area contributed by atoms with Crippen molar-refractivity contribution in [3.63, 3.8) is 0 Å². The average Bonchev–Trinajstić information content (AvgIpc) is 2.90. The van der Waals surface area contributed by atoms with Crippen molar-refractivity contribution in [1.82, 2.24) is 5.43 Å². The van der Waals surface area contributed by atoms with Gasteiger partial charge in [-0.3, -0.25) is 11.3 Å². The number of nitrogens with two attached hydrogens (primary N) is 1. The van der Waals surface area contributed by atoms with Crippen LogP contribution in [-0.2, 0) is 6.42 Å². The van der Waals surface area contributed by atoms with Crippen LogP contribution in [0.5, 0.6) is 0 Å². The van der Waals surface area contributed by atoms with Gasteiger partial charge in [-0.25, -0.2) is 0 Å². The van der Waals surface area contributed by atoms with Gasteiger partial charge in [0.15, 0.2) is 0 Å². The van der Waals surface area contributed by atoms with E-state index >= 15 is 0 Å². The van der Waals surface area contributed by atoms with Crippen LogP contribution in [0.3, 0.4) is 0 Å². The minimum Gasteiger partial charge on any atom is -0.271 e. The third kappa shape index (κ3) is 3.08. The average molecular weight is 301 g/mol. The minimum atomic E-state index is 0.260. The molecule has 1 aliphatic carbocycles. The normalized spacial score (nSPS) is 19.6. The molecule has 4 heteroatoms. The first-order chi connectivity index (χ1) is 9.13. The van der Waals surface area contributed by atoms with Gasteiger partial charge < -0.3 is 0 Å². The number of hydrogen-bond donors (Lipinski definition) is 2. The molecule has 3 N–H and O–H groups in total. The molecule has 2 rings (SSSR count). The van der Waals surface area contributed by atoms with E-state index < -0.39 is 0 Å². The molecule has 2 nitrogen and oxygen atoms in total. The Bertz CT molecular complexity index is 428. The maximum atomic E-state index is 6.29. The molecule has 0 amide bonds. The number of nitrogens with one attached hydrogen (secondary N) is 1. The molecule has 106 valence electrons. The van der Waals surface area contributed by atoms with Gasteiger partial charge in [-0.05, 0) is 42.7 Å². The Hall–Kier alpha value is -0.280. The highest BCUT2D eigenvalue weighted by Crippen LogP contribution is 2.45. The van der Waals surface area contributed by atoms with Crippen LogP contribution >= 0.6 is 23.2 Å². The zero-order chi connectivity index (χ0) is 13.9. The molecule has 1 saturated carbocycles. The lowest BCUT2D eigenvalue weighted by atomic mass is 9.74. The van der Waals surface area contributed by atoms with Crippen molar-refractivity contribution >= 4 is 23.2 Å². The summed E-state index contributed by atoms with van der Waals surface area (Å²) in [6.07, 6.45) is 7.08. The van der Waals surface area contributed by atoms with Gasteiger partial charge in [-0.2, -0.15) is 0 Å². The van der Waals surface area contributed by atoms with E-state index in [4.69, 9.17) is 29.0 Å². The van der Waals surface area contributed by atoms with Crippen molar-refractivity contribution in [2.45, 2.75) is 51.5 Å². The molecule has 0 spiro atoms. The zero-order valence-corrected chi connectivity index (χ0v) is 12.9. The van der Waals surface area contributed by atoms with Crippen LogP contribution in [-0.4, -0.2) is 6.04 Å². The molecule has 0 heterocycles.